The molecule has 1 saturated carbocycles. The monoisotopic (exact) mass is 466 g/mol. The van der Waals surface area contributed by atoms with Crippen molar-refractivity contribution in [3.63, 3.8) is 0 Å². The number of nitrogens with one attached hydrogen (secondary N) is 2. The highest BCUT2D eigenvalue weighted by molar-refractivity contribution is 5.96. The molecule has 0 radical (unpaired) electrons. The number of anilines is 2. The molecule has 1 saturated heterocycles. The molecule has 176 valence electrons. The summed E-state index contributed by atoms with van der Waals surface area (Å²) in [5.74, 6) is -0.476. The van der Waals surface area contributed by atoms with Crippen molar-refractivity contribution in [2.45, 2.75) is 25.4 Å². The molecule has 3 heterocycles. The van der Waals surface area contributed by atoms with Gasteiger partial charge in [-0.05, 0) is 25.8 Å². The standard InChI is InChI=1S/C23H23FN6O4/c1-23(3-4-23)34-20-18-13(11-25)12-26-19(18)28-22(29-20)27-16-10-15(24)14(9-17(16)32-2)21(31)30-5-7-33-8-6-30/h9-10,12H,3-8H2,1-2H3,(H2,26,27,28,29). The third-order valence-electron chi connectivity index (χ3n) is 5.98. The number of hydrogen-bond donors (Lipinski definition) is 2. The number of amides is 1. The summed E-state index contributed by atoms with van der Waals surface area (Å²) >= 11 is 0. The number of aromatic amines is 1. The predicted octanol–water partition coefficient (Wildman–Crippen LogP) is 3.12. The minimum absolute atomic E-state index is 0.0885. The molecule has 1 aliphatic heterocycles. The molecule has 11 heteroatoms. The van der Waals surface area contributed by atoms with Crippen LogP contribution in [0.25, 0.3) is 11.0 Å². The van der Waals surface area contributed by atoms with Crippen LogP contribution >= 0.6 is 0 Å². The van der Waals surface area contributed by atoms with E-state index in [2.05, 4.69) is 26.3 Å². The van der Waals surface area contributed by atoms with E-state index in [-0.39, 0.29) is 34.4 Å². The highest BCUT2D eigenvalue weighted by Gasteiger charge is 2.41. The zero-order valence-electron chi connectivity index (χ0n) is 18.8. The van der Waals surface area contributed by atoms with Gasteiger partial charge in [0.05, 0.1) is 42.5 Å². The summed E-state index contributed by atoms with van der Waals surface area (Å²) in [7, 11) is 1.43. The summed E-state index contributed by atoms with van der Waals surface area (Å²) in [4.78, 5) is 26.2. The van der Waals surface area contributed by atoms with Gasteiger partial charge in [-0.2, -0.15) is 15.2 Å². The zero-order valence-corrected chi connectivity index (χ0v) is 18.8. The molecule has 0 bridgehead atoms. The fourth-order valence-electron chi connectivity index (χ4n) is 3.77. The van der Waals surface area contributed by atoms with Gasteiger partial charge >= 0.3 is 0 Å². The van der Waals surface area contributed by atoms with Crippen molar-refractivity contribution in [2.75, 3.05) is 38.7 Å². The van der Waals surface area contributed by atoms with Gasteiger partial charge in [-0.3, -0.25) is 4.79 Å². The number of morpholine rings is 1. The van der Waals surface area contributed by atoms with Crippen LogP contribution in [0.15, 0.2) is 18.3 Å². The summed E-state index contributed by atoms with van der Waals surface area (Å²) in [5, 5.41) is 12.9. The van der Waals surface area contributed by atoms with Crippen molar-refractivity contribution in [1.29, 1.82) is 5.26 Å². The Bertz CT molecular complexity index is 1310. The Morgan fingerprint density at radius 3 is 2.76 bits per heavy atom. The second kappa shape index (κ2) is 8.46. The number of fused-ring (bicyclic) bond motifs is 1. The number of methoxy groups -OCH3 is 1. The molecular formula is C23H23FN6O4. The molecule has 1 amide bonds. The van der Waals surface area contributed by atoms with Crippen LogP contribution in [0.4, 0.5) is 16.0 Å². The van der Waals surface area contributed by atoms with Crippen LogP contribution in [0, 0.1) is 17.1 Å². The smallest absolute Gasteiger partial charge is 0.257 e. The van der Waals surface area contributed by atoms with Crippen molar-refractivity contribution in [2.24, 2.45) is 0 Å². The fourth-order valence-corrected chi connectivity index (χ4v) is 3.77. The normalized spacial score (nSPS) is 16.7. The van der Waals surface area contributed by atoms with Gasteiger partial charge in [0.1, 0.15) is 28.9 Å². The van der Waals surface area contributed by atoms with E-state index in [1.165, 1.54) is 25.4 Å². The molecule has 1 aliphatic carbocycles. The second-order valence-corrected chi connectivity index (χ2v) is 8.50. The van der Waals surface area contributed by atoms with Gasteiger partial charge in [0.2, 0.25) is 11.8 Å². The molecule has 2 aromatic heterocycles. The van der Waals surface area contributed by atoms with Crippen LogP contribution in [0.3, 0.4) is 0 Å². The van der Waals surface area contributed by atoms with Crippen LogP contribution in [0.5, 0.6) is 11.6 Å². The molecule has 1 aromatic carbocycles. The van der Waals surface area contributed by atoms with Crippen LogP contribution in [0.1, 0.15) is 35.7 Å². The number of hydrogen-bond acceptors (Lipinski definition) is 8. The number of nitriles is 1. The summed E-state index contributed by atoms with van der Waals surface area (Å²) in [5.41, 5.74) is 0.596. The Kier molecular flexibility index (Phi) is 5.45. The van der Waals surface area contributed by atoms with E-state index in [0.717, 1.165) is 12.8 Å². The summed E-state index contributed by atoms with van der Waals surface area (Å²) in [6.45, 7) is 3.60. The molecule has 2 N–H and O–H groups in total. The van der Waals surface area contributed by atoms with E-state index in [9.17, 15) is 10.1 Å². The number of halogens is 1. The minimum atomic E-state index is -0.700. The summed E-state index contributed by atoms with van der Waals surface area (Å²) < 4.78 is 31.8. The average Bonchev–Trinajstić information content (AvgIpc) is 3.41. The molecule has 3 aromatic rings. The number of benzene rings is 1. The molecule has 0 atom stereocenters. The number of rotatable bonds is 6. The number of carbonyl (C=O) groups excluding carboxylic acids is 1. The third kappa shape index (κ3) is 4.08. The predicted molar refractivity (Wildman–Crippen MR) is 120 cm³/mol. The number of carbonyl (C=O) groups is 1. The SMILES string of the molecule is COc1cc(C(=O)N2CCOCC2)c(F)cc1Nc1nc(OC2(C)CC2)c2c(C#N)c[nH]c2n1. The topological polar surface area (TPSA) is 125 Å². The van der Waals surface area contributed by atoms with Crippen molar-refractivity contribution in [3.8, 4) is 17.7 Å². The molecule has 0 spiro atoms. The molecule has 10 nitrogen and oxygen atoms in total. The van der Waals surface area contributed by atoms with Crippen molar-refractivity contribution in [1.82, 2.24) is 19.9 Å². The Hall–Kier alpha value is -3.91. The van der Waals surface area contributed by atoms with E-state index >= 15 is 4.39 Å². The van der Waals surface area contributed by atoms with E-state index in [4.69, 9.17) is 14.2 Å². The van der Waals surface area contributed by atoms with Gasteiger partial charge in [0.25, 0.3) is 5.91 Å². The maximum atomic E-state index is 15.0. The van der Waals surface area contributed by atoms with Gasteiger partial charge in [-0.15, -0.1) is 0 Å². The van der Waals surface area contributed by atoms with Crippen LogP contribution in [-0.2, 0) is 4.74 Å². The largest absolute Gasteiger partial charge is 0.495 e. The van der Waals surface area contributed by atoms with Crippen molar-refractivity contribution < 1.29 is 23.4 Å². The first-order chi connectivity index (χ1) is 16.4. The van der Waals surface area contributed by atoms with Gasteiger partial charge in [-0.1, -0.05) is 0 Å². The summed E-state index contributed by atoms with van der Waals surface area (Å²) in [6, 6.07) is 4.65. The molecule has 2 aliphatic rings. The highest BCUT2D eigenvalue weighted by Crippen LogP contribution is 2.42. The Balaban J connectivity index is 1.49. The summed E-state index contributed by atoms with van der Waals surface area (Å²) in [6.07, 6.45) is 3.30. The first-order valence-electron chi connectivity index (χ1n) is 10.9. The lowest BCUT2D eigenvalue weighted by Crippen LogP contribution is -2.41. The molecule has 34 heavy (non-hydrogen) atoms. The van der Waals surface area contributed by atoms with Crippen LogP contribution < -0.4 is 14.8 Å². The average molecular weight is 466 g/mol. The number of nitrogens with zero attached hydrogens (tertiary/aromatic N) is 4. The molecule has 5 rings (SSSR count). The van der Waals surface area contributed by atoms with Gasteiger partial charge in [0, 0.05) is 25.4 Å². The van der Waals surface area contributed by atoms with Crippen molar-refractivity contribution >= 4 is 28.6 Å². The second-order valence-electron chi connectivity index (χ2n) is 8.50. The number of H-pyrrole nitrogens is 1. The zero-order chi connectivity index (χ0) is 23.9. The quantitative estimate of drug-likeness (QED) is 0.568. The lowest BCUT2D eigenvalue weighted by molar-refractivity contribution is 0.0299. The maximum absolute atomic E-state index is 15.0. The van der Waals surface area contributed by atoms with E-state index in [0.29, 0.717) is 42.9 Å². The minimum Gasteiger partial charge on any atom is -0.495 e. The van der Waals surface area contributed by atoms with Gasteiger partial charge in [0.15, 0.2) is 0 Å². The maximum Gasteiger partial charge on any atom is 0.257 e. The van der Waals surface area contributed by atoms with E-state index in [1.807, 2.05) is 6.92 Å². The Labute approximate surface area is 194 Å². The first-order valence-corrected chi connectivity index (χ1v) is 10.9. The highest BCUT2D eigenvalue weighted by atomic mass is 19.1. The van der Waals surface area contributed by atoms with E-state index < -0.39 is 11.7 Å². The van der Waals surface area contributed by atoms with Gasteiger partial charge < -0.3 is 29.4 Å². The van der Waals surface area contributed by atoms with Crippen molar-refractivity contribution in [3.05, 3.63) is 35.3 Å². The lowest BCUT2D eigenvalue weighted by atomic mass is 10.1. The van der Waals surface area contributed by atoms with Crippen LogP contribution in [-0.4, -0.2) is 64.8 Å². The van der Waals surface area contributed by atoms with Gasteiger partial charge in [-0.25, -0.2) is 4.39 Å². The Morgan fingerprint density at radius 2 is 2.09 bits per heavy atom. The fraction of sp³-hybridized carbons (Fsp3) is 0.391. The van der Waals surface area contributed by atoms with E-state index in [1.54, 1.807) is 4.90 Å². The number of ether oxygens (including phenoxy) is 3. The molecular weight excluding hydrogens is 443 g/mol. The third-order valence-corrected chi connectivity index (χ3v) is 5.98. The first kappa shape index (κ1) is 21.9. The van der Waals surface area contributed by atoms with Crippen LogP contribution in [0.2, 0.25) is 0 Å². The number of aromatic nitrogens is 3. The Morgan fingerprint density at radius 1 is 1.32 bits per heavy atom. The molecule has 2 fully saturated rings. The lowest BCUT2D eigenvalue weighted by Gasteiger charge is -2.27. The molecule has 0 unspecified atom stereocenters.